The van der Waals surface area contributed by atoms with E-state index in [4.69, 9.17) is 11.6 Å². The Hall–Kier alpha value is -2.74. The number of ketones is 1. The first-order chi connectivity index (χ1) is 14.5. The van der Waals surface area contributed by atoms with Gasteiger partial charge in [-0.15, -0.1) is 13.2 Å². The number of carbonyl (C=O) groups is 2. The van der Waals surface area contributed by atoms with Crippen LogP contribution in [0.5, 0.6) is 5.75 Å². The number of alkyl halides is 3. The molecular formula is C22H22ClF3N2O3. The van der Waals surface area contributed by atoms with Crippen LogP contribution in [0, 0.1) is 5.92 Å². The van der Waals surface area contributed by atoms with Gasteiger partial charge < -0.3 is 9.64 Å². The number of fused-ring (bicyclic) bond motifs is 1. The molecule has 2 fully saturated rings. The second-order valence-corrected chi connectivity index (χ2v) is 8.03. The van der Waals surface area contributed by atoms with Crippen LogP contribution in [0.1, 0.15) is 30.6 Å². The summed E-state index contributed by atoms with van der Waals surface area (Å²) in [5, 5.41) is 0.523. The number of nitrogens with zero attached hydrogens (tertiary/aromatic N) is 2. The third kappa shape index (κ3) is 5.70. The second kappa shape index (κ2) is 9.18. The largest absolute Gasteiger partial charge is 0.573 e. The van der Waals surface area contributed by atoms with Crippen LogP contribution in [-0.2, 0) is 0 Å². The number of anilines is 1. The molecule has 0 aromatic heterocycles. The summed E-state index contributed by atoms with van der Waals surface area (Å²) in [5.41, 5.74) is 1.18. The van der Waals surface area contributed by atoms with E-state index in [2.05, 4.69) is 11.7 Å². The number of ether oxygens (including phenoxy) is 1. The molecular weight excluding hydrogens is 433 g/mol. The number of halogens is 4. The van der Waals surface area contributed by atoms with E-state index in [9.17, 15) is 22.8 Å². The molecule has 2 amide bonds. The van der Waals surface area contributed by atoms with Crippen molar-refractivity contribution in [2.75, 3.05) is 18.0 Å². The number of rotatable bonds is 3. The Labute approximate surface area is 183 Å². The van der Waals surface area contributed by atoms with E-state index in [1.807, 2.05) is 4.90 Å². The standard InChI is InChI=1S/C14H15F3N2O2.C8H7ClO/c1-9-6-11-8-19(13(20)18(11)7-9)10-2-4-12(5-3-10)21-14(15,16)17;1-6(10)7-4-2-3-5-8(7)9/h2-5,9,11H,6-8H2,1H3;2-5H,1H3/t9-,11?;/m1./s1. The van der Waals surface area contributed by atoms with Crippen molar-refractivity contribution in [1.82, 2.24) is 4.90 Å². The number of carbonyl (C=O) groups excluding carboxylic acids is 2. The topological polar surface area (TPSA) is 49.9 Å². The summed E-state index contributed by atoms with van der Waals surface area (Å²) >= 11 is 5.70. The average Bonchev–Trinajstić information content (AvgIpc) is 3.19. The number of benzene rings is 2. The van der Waals surface area contributed by atoms with Crippen molar-refractivity contribution in [3.63, 3.8) is 0 Å². The first kappa shape index (κ1) is 22.9. The molecule has 0 N–H and O–H groups in total. The highest BCUT2D eigenvalue weighted by molar-refractivity contribution is 6.33. The van der Waals surface area contributed by atoms with Gasteiger partial charge in [-0.25, -0.2) is 4.79 Å². The molecule has 2 saturated heterocycles. The van der Waals surface area contributed by atoms with Crippen LogP contribution < -0.4 is 9.64 Å². The molecule has 0 aliphatic carbocycles. The predicted octanol–water partition coefficient (Wildman–Crippen LogP) is 5.78. The smallest absolute Gasteiger partial charge is 0.406 e. The Morgan fingerprint density at radius 3 is 2.26 bits per heavy atom. The quantitative estimate of drug-likeness (QED) is 0.552. The molecule has 4 rings (SSSR count). The normalized spacial score (nSPS) is 20.3. The number of Topliss-reactive ketones (excluding diaryl/α,β-unsaturated/α-hetero) is 1. The third-order valence-corrected chi connectivity index (χ3v) is 5.46. The lowest BCUT2D eigenvalue weighted by atomic mass is 10.1. The predicted molar refractivity (Wildman–Crippen MR) is 112 cm³/mol. The number of amides is 2. The highest BCUT2D eigenvalue weighted by atomic mass is 35.5. The lowest BCUT2D eigenvalue weighted by Gasteiger charge is -2.18. The van der Waals surface area contributed by atoms with Gasteiger partial charge in [0.05, 0.1) is 11.1 Å². The zero-order chi connectivity index (χ0) is 22.8. The van der Waals surface area contributed by atoms with Crippen LogP contribution in [-0.4, -0.2) is 42.2 Å². The summed E-state index contributed by atoms with van der Waals surface area (Å²) < 4.78 is 40.1. The molecule has 0 radical (unpaired) electrons. The van der Waals surface area contributed by atoms with E-state index in [-0.39, 0.29) is 23.6 Å². The van der Waals surface area contributed by atoms with Gasteiger partial charge in [0.2, 0.25) is 0 Å². The van der Waals surface area contributed by atoms with E-state index in [0.29, 0.717) is 28.7 Å². The van der Waals surface area contributed by atoms with Gasteiger partial charge >= 0.3 is 12.4 Å². The van der Waals surface area contributed by atoms with Gasteiger partial charge in [-0.1, -0.05) is 30.7 Å². The maximum absolute atomic E-state index is 12.3. The van der Waals surface area contributed by atoms with Gasteiger partial charge in [-0.05, 0) is 55.7 Å². The Kier molecular flexibility index (Phi) is 6.79. The van der Waals surface area contributed by atoms with Crippen LogP contribution in [0.4, 0.5) is 23.7 Å². The van der Waals surface area contributed by atoms with Gasteiger partial charge in [-0.3, -0.25) is 9.69 Å². The van der Waals surface area contributed by atoms with Crippen molar-refractivity contribution < 1.29 is 27.5 Å². The van der Waals surface area contributed by atoms with Crippen molar-refractivity contribution in [3.05, 3.63) is 59.1 Å². The van der Waals surface area contributed by atoms with E-state index in [1.165, 1.54) is 31.2 Å². The molecule has 0 spiro atoms. The maximum Gasteiger partial charge on any atom is 0.573 e. The molecule has 166 valence electrons. The summed E-state index contributed by atoms with van der Waals surface area (Å²) in [5.74, 6) is 0.223. The second-order valence-electron chi connectivity index (χ2n) is 7.62. The molecule has 2 aromatic rings. The van der Waals surface area contributed by atoms with E-state index in [1.54, 1.807) is 29.2 Å². The van der Waals surface area contributed by atoms with Crippen molar-refractivity contribution in [2.24, 2.45) is 5.92 Å². The van der Waals surface area contributed by atoms with E-state index < -0.39 is 6.36 Å². The van der Waals surface area contributed by atoms with E-state index >= 15 is 0 Å². The number of hydrogen-bond acceptors (Lipinski definition) is 3. The van der Waals surface area contributed by atoms with Gasteiger partial charge in [-0.2, -0.15) is 0 Å². The minimum Gasteiger partial charge on any atom is -0.406 e. The molecule has 9 heteroatoms. The van der Waals surface area contributed by atoms with Gasteiger partial charge in [0.15, 0.2) is 5.78 Å². The molecule has 5 nitrogen and oxygen atoms in total. The molecule has 31 heavy (non-hydrogen) atoms. The molecule has 2 heterocycles. The molecule has 2 atom stereocenters. The van der Waals surface area contributed by atoms with E-state index in [0.717, 1.165) is 13.0 Å². The summed E-state index contributed by atoms with van der Waals surface area (Å²) in [6.07, 6.45) is -3.73. The fraction of sp³-hybridized carbons (Fsp3) is 0.364. The summed E-state index contributed by atoms with van der Waals surface area (Å²) in [6, 6.07) is 12.5. The summed E-state index contributed by atoms with van der Waals surface area (Å²) in [7, 11) is 0. The highest BCUT2D eigenvalue weighted by Crippen LogP contribution is 2.33. The Balaban J connectivity index is 0.000000229. The first-order valence-electron chi connectivity index (χ1n) is 9.74. The molecule has 2 aromatic carbocycles. The van der Waals surface area contributed by atoms with Crippen LogP contribution in [0.3, 0.4) is 0 Å². The highest BCUT2D eigenvalue weighted by Gasteiger charge is 2.43. The van der Waals surface area contributed by atoms with Crippen molar-refractivity contribution in [1.29, 1.82) is 0 Å². The monoisotopic (exact) mass is 454 g/mol. The van der Waals surface area contributed by atoms with Crippen molar-refractivity contribution >= 4 is 29.1 Å². The van der Waals surface area contributed by atoms with Gasteiger partial charge in [0.25, 0.3) is 0 Å². The first-order valence-corrected chi connectivity index (χ1v) is 10.1. The fourth-order valence-corrected chi connectivity index (χ4v) is 4.06. The molecule has 2 aliphatic heterocycles. The Morgan fingerprint density at radius 1 is 1.10 bits per heavy atom. The fourth-order valence-electron chi connectivity index (χ4n) is 3.79. The molecule has 0 bridgehead atoms. The number of urea groups is 1. The minimum absolute atomic E-state index is 0.00519. The van der Waals surface area contributed by atoms with Gasteiger partial charge in [0, 0.05) is 24.3 Å². The molecule has 1 unspecified atom stereocenters. The number of hydrogen-bond donors (Lipinski definition) is 0. The Morgan fingerprint density at radius 2 is 1.74 bits per heavy atom. The van der Waals surface area contributed by atoms with Gasteiger partial charge in [0.1, 0.15) is 5.75 Å². The zero-order valence-corrected chi connectivity index (χ0v) is 17.8. The van der Waals surface area contributed by atoms with Crippen molar-refractivity contribution in [2.45, 2.75) is 32.7 Å². The lowest BCUT2D eigenvalue weighted by molar-refractivity contribution is -0.274. The Bertz CT molecular complexity index is 950. The van der Waals surface area contributed by atoms with Crippen molar-refractivity contribution in [3.8, 4) is 5.75 Å². The lowest BCUT2D eigenvalue weighted by Crippen LogP contribution is -2.32. The van der Waals surface area contributed by atoms with Crippen LogP contribution in [0.15, 0.2) is 48.5 Å². The minimum atomic E-state index is -4.70. The third-order valence-electron chi connectivity index (χ3n) is 5.13. The van der Waals surface area contributed by atoms with Crippen LogP contribution >= 0.6 is 11.6 Å². The summed E-state index contributed by atoms with van der Waals surface area (Å²) in [6.45, 7) is 4.94. The molecule has 0 saturated carbocycles. The summed E-state index contributed by atoms with van der Waals surface area (Å²) in [4.78, 5) is 26.5. The average molecular weight is 455 g/mol. The SMILES string of the molecule is CC(=O)c1ccccc1Cl.C[C@@H]1CC2CN(c3ccc(OC(F)(F)F)cc3)C(=O)N2C1. The van der Waals surface area contributed by atoms with Crippen LogP contribution in [0.25, 0.3) is 0 Å². The molecule has 2 aliphatic rings. The van der Waals surface area contributed by atoms with Crippen LogP contribution in [0.2, 0.25) is 5.02 Å². The maximum atomic E-state index is 12.3. The zero-order valence-electron chi connectivity index (χ0n) is 17.0.